The van der Waals surface area contributed by atoms with Gasteiger partial charge in [0.2, 0.25) is 11.8 Å². The number of carboxylic acids is 1. The smallest absolute Gasteiger partial charge is 0.326 e. The maximum atomic E-state index is 12.9. The van der Waals surface area contributed by atoms with Gasteiger partial charge >= 0.3 is 5.97 Å². The highest BCUT2D eigenvalue weighted by molar-refractivity contribution is 5.84. The van der Waals surface area contributed by atoms with Gasteiger partial charge in [0, 0.05) is 25.9 Å². The first-order chi connectivity index (χ1) is 17.0. The average Bonchev–Trinajstić information content (AvgIpc) is 2.84. The summed E-state index contributed by atoms with van der Waals surface area (Å²) in [6, 6.07) is -0.993. The molecule has 2 amide bonds. The van der Waals surface area contributed by atoms with Crippen molar-refractivity contribution in [1.29, 1.82) is 0 Å². The molecule has 0 aliphatic rings. The second-order valence-corrected chi connectivity index (χ2v) is 10.1. The lowest BCUT2D eigenvalue weighted by Gasteiger charge is -2.24. The van der Waals surface area contributed by atoms with Crippen molar-refractivity contribution in [2.75, 3.05) is 13.1 Å². The van der Waals surface area contributed by atoms with Crippen molar-refractivity contribution in [1.82, 2.24) is 10.2 Å². The van der Waals surface area contributed by atoms with Crippen molar-refractivity contribution in [3.8, 4) is 0 Å². The van der Waals surface area contributed by atoms with Crippen molar-refractivity contribution in [2.24, 2.45) is 0 Å². The van der Waals surface area contributed by atoms with E-state index < -0.39 is 12.0 Å². The van der Waals surface area contributed by atoms with E-state index in [1.165, 1.54) is 51.4 Å². The zero-order chi connectivity index (χ0) is 26.2. The molecule has 6 heteroatoms. The highest BCUT2D eigenvalue weighted by atomic mass is 16.4. The zero-order valence-corrected chi connectivity index (χ0v) is 23.3. The number of hydrogen-bond acceptors (Lipinski definition) is 3. The molecule has 0 aromatic heterocycles. The van der Waals surface area contributed by atoms with E-state index >= 15 is 0 Å². The molecule has 0 bridgehead atoms. The molecule has 0 aromatic rings. The highest BCUT2D eigenvalue weighted by Gasteiger charge is 2.22. The van der Waals surface area contributed by atoms with Gasteiger partial charge in [0.15, 0.2) is 0 Å². The van der Waals surface area contributed by atoms with Gasteiger partial charge < -0.3 is 15.3 Å². The number of carboxylic acid groups (broad SMARTS) is 1. The molecule has 6 nitrogen and oxygen atoms in total. The lowest BCUT2D eigenvalue weighted by Crippen LogP contribution is -2.42. The summed E-state index contributed by atoms with van der Waals surface area (Å²) < 4.78 is 0. The lowest BCUT2D eigenvalue weighted by molar-refractivity contribution is -0.142. The number of nitrogens with one attached hydrogen (secondary N) is 1. The van der Waals surface area contributed by atoms with E-state index in [2.05, 4.69) is 26.1 Å². The van der Waals surface area contributed by atoms with Crippen molar-refractivity contribution in [2.45, 2.75) is 155 Å². The molecule has 0 fully saturated rings. The minimum absolute atomic E-state index is 0.0115. The topological polar surface area (TPSA) is 86.7 Å². The Morgan fingerprint density at radius 2 is 1.06 bits per heavy atom. The van der Waals surface area contributed by atoms with E-state index in [-0.39, 0.29) is 24.7 Å². The number of unbranched alkanes of at least 4 members (excludes halogenated alkanes) is 14. The van der Waals surface area contributed by atoms with E-state index in [0.717, 1.165) is 70.9 Å². The second-order valence-electron chi connectivity index (χ2n) is 10.1. The molecule has 0 aromatic carbocycles. The van der Waals surface area contributed by atoms with Gasteiger partial charge in [-0.05, 0) is 25.7 Å². The van der Waals surface area contributed by atoms with Crippen LogP contribution in [0.25, 0.3) is 0 Å². The van der Waals surface area contributed by atoms with Gasteiger partial charge in [0.1, 0.15) is 6.04 Å². The van der Waals surface area contributed by atoms with Gasteiger partial charge in [-0.25, -0.2) is 4.79 Å². The first kappa shape index (κ1) is 33.4. The summed E-state index contributed by atoms with van der Waals surface area (Å²) in [7, 11) is 0. The highest BCUT2D eigenvalue weighted by Crippen LogP contribution is 2.12. The largest absolute Gasteiger partial charge is 0.480 e. The van der Waals surface area contributed by atoms with Crippen LogP contribution in [0.15, 0.2) is 0 Å². The Bertz CT molecular complexity index is 527. The molecule has 0 unspecified atom stereocenters. The summed E-state index contributed by atoms with van der Waals surface area (Å²) in [5.74, 6) is -1.27. The molecule has 0 saturated heterocycles. The van der Waals surface area contributed by atoms with Crippen molar-refractivity contribution in [3.63, 3.8) is 0 Å². The molecule has 0 aliphatic carbocycles. The summed E-state index contributed by atoms with van der Waals surface area (Å²) in [6.45, 7) is 8.05. The summed E-state index contributed by atoms with van der Waals surface area (Å²) in [4.78, 5) is 38.7. The normalized spacial score (nSPS) is 11.9. The molecule has 0 heterocycles. The molecule has 0 spiro atoms. The number of amides is 2. The molecular weight excluding hydrogens is 440 g/mol. The molecule has 0 rings (SSSR count). The van der Waals surface area contributed by atoms with E-state index in [1.54, 1.807) is 0 Å². The molecule has 35 heavy (non-hydrogen) atoms. The summed E-state index contributed by atoms with van der Waals surface area (Å²) in [5.41, 5.74) is 0. The Morgan fingerprint density at radius 3 is 1.51 bits per heavy atom. The third-order valence-corrected chi connectivity index (χ3v) is 6.70. The Balaban J connectivity index is 4.35. The summed E-state index contributed by atoms with van der Waals surface area (Å²) in [5, 5.41) is 12.2. The zero-order valence-electron chi connectivity index (χ0n) is 23.3. The van der Waals surface area contributed by atoms with Crippen LogP contribution in [0.5, 0.6) is 0 Å². The predicted octanol–water partition coefficient (Wildman–Crippen LogP) is 7.25. The van der Waals surface area contributed by atoms with Crippen LogP contribution in [0.3, 0.4) is 0 Å². The van der Waals surface area contributed by atoms with Gasteiger partial charge in [-0.3, -0.25) is 9.59 Å². The fourth-order valence-corrected chi connectivity index (χ4v) is 4.37. The van der Waals surface area contributed by atoms with Gasteiger partial charge in [-0.15, -0.1) is 0 Å². The lowest BCUT2D eigenvalue weighted by atomic mass is 10.1. The second kappa shape index (κ2) is 24.1. The fraction of sp³-hybridized carbons (Fsp3) is 0.897. The molecule has 0 saturated carbocycles. The van der Waals surface area contributed by atoms with Gasteiger partial charge in [-0.1, -0.05) is 111 Å². The molecule has 206 valence electrons. The Labute approximate surface area is 216 Å². The quantitative estimate of drug-likeness (QED) is 0.130. The number of aliphatic carboxylic acids is 1. The van der Waals surface area contributed by atoms with E-state index in [9.17, 15) is 19.5 Å². The molecule has 0 radical (unpaired) electrons. The van der Waals surface area contributed by atoms with E-state index in [1.807, 2.05) is 4.90 Å². The van der Waals surface area contributed by atoms with Crippen LogP contribution in [0, 0.1) is 0 Å². The van der Waals surface area contributed by atoms with Crippen LogP contribution in [-0.4, -0.2) is 46.9 Å². The SMILES string of the molecule is CCCCCCCCCCCC(=O)N[C@@H](CCC(=O)N(CCCCCC)CCCCCC)C(=O)O. The molecule has 2 N–H and O–H groups in total. The first-order valence-corrected chi connectivity index (χ1v) is 14.8. The number of hydrogen-bond donors (Lipinski definition) is 2. The van der Waals surface area contributed by atoms with Crippen LogP contribution in [0.1, 0.15) is 149 Å². The minimum Gasteiger partial charge on any atom is -0.480 e. The number of carbonyl (C=O) groups excluding carboxylic acids is 2. The Morgan fingerprint density at radius 1 is 0.629 bits per heavy atom. The van der Waals surface area contributed by atoms with Crippen LogP contribution in [0.4, 0.5) is 0 Å². The van der Waals surface area contributed by atoms with E-state index in [0.29, 0.717) is 6.42 Å². The first-order valence-electron chi connectivity index (χ1n) is 14.8. The summed E-state index contributed by atoms with van der Waals surface area (Å²) in [6.07, 6.45) is 20.1. The average molecular weight is 497 g/mol. The van der Waals surface area contributed by atoms with Gasteiger partial charge in [0.25, 0.3) is 0 Å². The van der Waals surface area contributed by atoms with Crippen LogP contribution >= 0.6 is 0 Å². The van der Waals surface area contributed by atoms with E-state index in [4.69, 9.17) is 0 Å². The maximum absolute atomic E-state index is 12.9. The number of nitrogens with zero attached hydrogens (tertiary/aromatic N) is 1. The third-order valence-electron chi connectivity index (χ3n) is 6.70. The standard InChI is InChI=1S/C29H56N2O4/c1-4-7-10-13-14-15-16-17-18-21-27(32)30-26(29(34)35)22-23-28(33)31(24-19-11-8-5-2)25-20-12-9-6-3/h26H,4-25H2,1-3H3,(H,30,32)(H,34,35)/t26-/m0/s1. The number of carbonyl (C=O) groups is 3. The maximum Gasteiger partial charge on any atom is 0.326 e. The van der Waals surface area contributed by atoms with Gasteiger partial charge in [-0.2, -0.15) is 0 Å². The molecule has 0 aliphatic heterocycles. The van der Waals surface area contributed by atoms with Crippen LogP contribution < -0.4 is 5.32 Å². The Hall–Kier alpha value is -1.59. The fourth-order valence-electron chi connectivity index (χ4n) is 4.37. The monoisotopic (exact) mass is 496 g/mol. The summed E-state index contributed by atoms with van der Waals surface area (Å²) >= 11 is 0. The van der Waals surface area contributed by atoms with Crippen molar-refractivity contribution in [3.05, 3.63) is 0 Å². The third kappa shape index (κ3) is 20.3. The van der Waals surface area contributed by atoms with Crippen LogP contribution in [-0.2, 0) is 14.4 Å². The predicted molar refractivity (Wildman–Crippen MR) is 146 cm³/mol. The number of rotatable bonds is 25. The minimum atomic E-state index is -1.06. The van der Waals surface area contributed by atoms with Crippen molar-refractivity contribution < 1.29 is 19.5 Å². The van der Waals surface area contributed by atoms with Crippen LogP contribution in [0.2, 0.25) is 0 Å². The van der Waals surface area contributed by atoms with Gasteiger partial charge in [0.05, 0.1) is 0 Å². The molecular formula is C29H56N2O4. The molecule has 1 atom stereocenters. The van der Waals surface area contributed by atoms with Crippen molar-refractivity contribution >= 4 is 17.8 Å². The Kier molecular flexibility index (Phi) is 23.0.